The number of hydrogen-bond donors (Lipinski definition) is 2. The lowest BCUT2D eigenvalue weighted by atomic mass is 9.39. The van der Waals surface area contributed by atoms with E-state index in [4.69, 9.17) is 5.26 Å². The van der Waals surface area contributed by atoms with Crippen molar-refractivity contribution in [3.63, 3.8) is 0 Å². The maximum absolute atomic E-state index is 13.0. The number of benzene rings is 1. The number of rotatable bonds is 5. The number of halogens is 3. The van der Waals surface area contributed by atoms with E-state index >= 15 is 0 Å². The maximum atomic E-state index is 13.0. The molecule has 4 fully saturated rings. The number of hydrogen-bond acceptors (Lipinski definition) is 4. The van der Waals surface area contributed by atoms with Gasteiger partial charge in [-0.15, -0.1) is 0 Å². The lowest BCUT2D eigenvalue weighted by Crippen LogP contribution is -2.78. The minimum Gasteiger partial charge on any atom is -0.346 e. The summed E-state index contributed by atoms with van der Waals surface area (Å²) in [5.74, 6) is -0.665. The van der Waals surface area contributed by atoms with Crippen molar-refractivity contribution in [1.82, 2.24) is 9.62 Å². The molecule has 3 saturated carbocycles. The first-order valence-electron chi connectivity index (χ1n) is 8.71. The second-order valence-corrected chi connectivity index (χ2v) is 9.45. The number of carbonyl (C=O) groups is 1. The van der Waals surface area contributed by atoms with E-state index in [1.54, 1.807) is 0 Å². The number of alkyl halides is 3. The first kappa shape index (κ1) is 19.0. The van der Waals surface area contributed by atoms with Crippen molar-refractivity contribution in [3.05, 3.63) is 29.3 Å². The lowest BCUT2D eigenvalue weighted by Gasteiger charge is -2.70. The molecule has 0 unspecified atom stereocenters. The number of nitrogens with one attached hydrogen (secondary N) is 2. The van der Waals surface area contributed by atoms with Crippen molar-refractivity contribution in [2.45, 2.75) is 37.4 Å². The normalized spacial score (nSPS) is 28.9. The highest BCUT2D eigenvalue weighted by molar-refractivity contribution is 7.90. The molecule has 0 spiro atoms. The van der Waals surface area contributed by atoms with Gasteiger partial charge < -0.3 is 5.32 Å². The Labute approximate surface area is 159 Å². The third-order valence-corrected chi connectivity index (χ3v) is 7.32. The van der Waals surface area contributed by atoms with Crippen LogP contribution in [0.3, 0.4) is 0 Å². The summed E-state index contributed by atoms with van der Waals surface area (Å²) in [6.45, 7) is 0.717. The van der Waals surface area contributed by atoms with Gasteiger partial charge in [0.2, 0.25) is 0 Å². The Morgan fingerprint density at radius 2 is 1.86 bits per heavy atom. The predicted molar refractivity (Wildman–Crippen MR) is 92.4 cm³/mol. The van der Waals surface area contributed by atoms with Gasteiger partial charge in [-0.25, -0.2) is 0 Å². The van der Waals surface area contributed by atoms with E-state index in [0.29, 0.717) is 13.1 Å². The van der Waals surface area contributed by atoms with Crippen LogP contribution in [0.5, 0.6) is 0 Å². The van der Waals surface area contributed by atoms with E-state index in [9.17, 15) is 26.4 Å². The molecule has 1 saturated heterocycles. The van der Waals surface area contributed by atoms with Crippen LogP contribution in [0.1, 0.15) is 41.6 Å². The van der Waals surface area contributed by atoms with Crippen molar-refractivity contribution in [1.29, 1.82) is 5.26 Å². The Hall–Kier alpha value is -2.32. The largest absolute Gasteiger partial charge is 0.394 e. The number of carbonyl (C=O) groups excluding carboxylic acids is 1. The third-order valence-electron chi connectivity index (χ3n) is 5.80. The van der Waals surface area contributed by atoms with E-state index in [2.05, 4.69) is 10.0 Å². The molecule has 1 heterocycles. The maximum Gasteiger partial charge on any atom is 0.394 e. The van der Waals surface area contributed by atoms with Crippen LogP contribution in [-0.2, 0) is 10.2 Å². The first-order chi connectivity index (χ1) is 13.0. The first-order valence-corrected chi connectivity index (χ1v) is 10.1. The average molecular weight is 414 g/mol. The standard InChI is InChI=1S/C17H17F3N4O3S/c18-17(19,20)15-8-16(9-15,10-15)22-14(25)12-3-2-11(7-21)6-13(12)23-28(26,27)24-4-1-5-24/h2-3,6,23H,1,4-5,8-10H2,(H,22,25). The predicted octanol–water partition coefficient (Wildman–Crippen LogP) is 2.14. The van der Waals surface area contributed by atoms with E-state index in [-0.39, 0.29) is 36.1 Å². The molecule has 0 aromatic heterocycles. The van der Waals surface area contributed by atoms with Crippen molar-refractivity contribution < 1.29 is 26.4 Å². The monoisotopic (exact) mass is 414 g/mol. The summed E-state index contributed by atoms with van der Waals surface area (Å²) in [7, 11) is -3.87. The van der Waals surface area contributed by atoms with Gasteiger partial charge in [-0.05, 0) is 43.9 Å². The fraction of sp³-hybridized carbons (Fsp3) is 0.529. The van der Waals surface area contributed by atoms with Gasteiger partial charge in [0, 0.05) is 18.6 Å². The zero-order valence-electron chi connectivity index (χ0n) is 14.6. The minimum absolute atomic E-state index is 0.0334. The number of amides is 1. The van der Waals surface area contributed by atoms with Crippen molar-refractivity contribution in [2.75, 3.05) is 17.8 Å². The molecule has 1 aromatic rings. The molecule has 11 heteroatoms. The second kappa shape index (κ2) is 5.84. The number of nitrogens with zero attached hydrogens (tertiary/aromatic N) is 2. The zero-order chi connectivity index (χ0) is 20.4. The van der Waals surface area contributed by atoms with Crippen LogP contribution in [0.15, 0.2) is 18.2 Å². The average Bonchev–Trinajstić information content (AvgIpc) is 2.44. The topological polar surface area (TPSA) is 102 Å². The molecule has 0 radical (unpaired) electrons. The van der Waals surface area contributed by atoms with Gasteiger partial charge in [-0.3, -0.25) is 9.52 Å². The molecule has 28 heavy (non-hydrogen) atoms. The van der Waals surface area contributed by atoms with E-state index in [1.165, 1.54) is 22.5 Å². The van der Waals surface area contributed by atoms with Crippen LogP contribution in [0, 0.1) is 16.7 Å². The molecule has 1 amide bonds. The summed E-state index contributed by atoms with van der Waals surface area (Å²) >= 11 is 0. The highest BCUT2D eigenvalue weighted by Crippen LogP contribution is 2.73. The molecule has 4 aliphatic rings. The Morgan fingerprint density at radius 3 is 2.36 bits per heavy atom. The highest BCUT2D eigenvalue weighted by atomic mass is 32.2. The Morgan fingerprint density at radius 1 is 1.21 bits per heavy atom. The zero-order valence-corrected chi connectivity index (χ0v) is 15.5. The second-order valence-electron chi connectivity index (χ2n) is 7.77. The molecule has 3 aliphatic carbocycles. The van der Waals surface area contributed by atoms with Gasteiger partial charge in [-0.1, -0.05) is 0 Å². The Kier molecular flexibility index (Phi) is 3.97. The fourth-order valence-electron chi connectivity index (χ4n) is 4.16. The van der Waals surface area contributed by atoms with Crippen molar-refractivity contribution >= 4 is 21.8 Å². The van der Waals surface area contributed by atoms with Gasteiger partial charge in [0.05, 0.1) is 28.3 Å². The van der Waals surface area contributed by atoms with Crippen LogP contribution < -0.4 is 10.0 Å². The molecular formula is C17H17F3N4O3S. The Balaban J connectivity index is 1.53. The summed E-state index contributed by atoms with van der Waals surface area (Å²) in [5, 5.41) is 11.7. The SMILES string of the molecule is N#Cc1ccc(C(=O)NC23CC(C(F)(F)F)(C2)C3)c(NS(=O)(=O)N2CCC2)c1. The van der Waals surface area contributed by atoms with Crippen molar-refractivity contribution in [3.8, 4) is 6.07 Å². The molecule has 7 nitrogen and oxygen atoms in total. The quantitative estimate of drug-likeness (QED) is 0.771. The molecule has 150 valence electrons. The molecular weight excluding hydrogens is 397 g/mol. The molecule has 2 bridgehead atoms. The van der Waals surface area contributed by atoms with Gasteiger partial charge in [0.15, 0.2) is 0 Å². The van der Waals surface area contributed by atoms with Gasteiger partial charge in [-0.2, -0.15) is 31.2 Å². The molecule has 5 rings (SSSR count). The molecule has 1 aromatic carbocycles. The third kappa shape index (κ3) is 2.82. The van der Waals surface area contributed by atoms with E-state index in [1.807, 2.05) is 6.07 Å². The van der Waals surface area contributed by atoms with Crippen LogP contribution >= 0.6 is 0 Å². The molecule has 1 aliphatic heterocycles. The summed E-state index contributed by atoms with van der Waals surface area (Å²) in [6, 6.07) is 5.77. The fourth-order valence-corrected chi connectivity index (χ4v) is 5.47. The van der Waals surface area contributed by atoms with Gasteiger partial charge in [0.1, 0.15) is 0 Å². The van der Waals surface area contributed by atoms with E-state index in [0.717, 1.165) is 6.42 Å². The Bertz CT molecular complexity index is 976. The number of anilines is 1. The van der Waals surface area contributed by atoms with Crippen LogP contribution in [0.4, 0.5) is 18.9 Å². The molecule has 2 N–H and O–H groups in total. The summed E-state index contributed by atoms with van der Waals surface area (Å²) in [6.07, 6.45) is -4.05. The van der Waals surface area contributed by atoms with Crippen molar-refractivity contribution in [2.24, 2.45) is 5.41 Å². The number of nitriles is 1. The van der Waals surface area contributed by atoms with Crippen LogP contribution in [0.25, 0.3) is 0 Å². The lowest BCUT2D eigenvalue weighted by molar-refractivity contribution is -0.336. The van der Waals surface area contributed by atoms with E-state index < -0.39 is 33.2 Å². The van der Waals surface area contributed by atoms with Gasteiger partial charge in [0.25, 0.3) is 5.91 Å². The molecule has 0 atom stereocenters. The van der Waals surface area contributed by atoms with Gasteiger partial charge >= 0.3 is 16.4 Å². The van der Waals surface area contributed by atoms with Crippen LogP contribution in [0.2, 0.25) is 0 Å². The highest BCUT2D eigenvalue weighted by Gasteiger charge is 2.79. The summed E-state index contributed by atoms with van der Waals surface area (Å²) in [4.78, 5) is 12.7. The minimum atomic E-state index is -4.29. The summed E-state index contributed by atoms with van der Waals surface area (Å²) < 4.78 is 67.1. The van der Waals surface area contributed by atoms with Crippen LogP contribution in [-0.4, -0.2) is 43.4 Å². The summed E-state index contributed by atoms with van der Waals surface area (Å²) in [5.41, 5.74) is -2.55. The smallest absolute Gasteiger partial charge is 0.346 e.